The van der Waals surface area contributed by atoms with Gasteiger partial charge in [0.05, 0.1) is 25.0 Å². The number of benzene rings is 1. The van der Waals surface area contributed by atoms with Gasteiger partial charge >= 0.3 is 0 Å². The summed E-state index contributed by atoms with van der Waals surface area (Å²) in [6.07, 6.45) is 0.649. The van der Waals surface area contributed by atoms with Crippen molar-refractivity contribution >= 4 is 5.91 Å². The maximum absolute atomic E-state index is 13.1. The average Bonchev–Trinajstić information content (AvgIpc) is 3.36. The predicted molar refractivity (Wildman–Crippen MR) is 107 cm³/mol. The number of para-hydroxylation sites is 1. The number of aromatic nitrogens is 4. The number of rotatable bonds is 5. The van der Waals surface area contributed by atoms with Crippen LogP contribution in [0.1, 0.15) is 22.6 Å². The van der Waals surface area contributed by atoms with Gasteiger partial charge in [-0.3, -0.25) is 9.48 Å². The molecule has 1 fully saturated rings. The van der Waals surface area contributed by atoms with Crippen LogP contribution in [0.4, 0.5) is 0 Å². The first kappa shape index (κ1) is 18.9. The zero-order valence-corrected chi connectivity index (χ0v) is 16.7. The van der Waals surface area contributed by atoms with Gasteiger partial charge in [0.25, 0.3) is 5.91 Å². The maximum Gasteiger partial charge on any atom is 0.272 e. The van der Waals surface area contributed by atoms with Gasteiger partial charge in [-0.05, 0) is 31.2 Å². The van der Waals surface area contributed by atoms with Crippen LogP contribution in [0.25, 0.3) is 11.3 Å². The average molecular weight is 393 g/mol. The summed E-state index contributed by atoms with van der Waals surface area (Å²) in [5.41, 5.74) is 2.92. The monoisotopic (exact) mass is 393 g/mol. The molecule has 150 valence electrons. The van der Waals surface area contributed by atoms with E-state index in [1.165, 1.54) is 0 Å². The van der Waals surface area contributed by atoms with E-state index in [0.29, 0.717) is 30.4 Å². The first-order valence-corrected chi connectivity index (χ1v) is 9.49. The molecule has 1 aliphatic rings. The molecule has 0 N–H and O–H groups in total. The normalized spacial score (nSPS) is 16.1. The molecule has 1 atom stereocenters. The molecule has 0 saturated carbocycles. The van der Waals surface area contributed by atoms with Gasteiger partial charge in [-0.1, -0.05) is 12.1 Å². The number of amides is 1. The number of nitrogens with zero attached hydrogens (tertiary/aromatic N) is 5. The maximum atomic E-state index is 13.1. The molecule has 1 amide bonds. The van der Waals surface area contributed by atoms with Crippen molar-refractivity contribution in [1.82, 2.24) is 24.9 Å². The van der Waals surface area contributed by atoms with Gasteiger partial charge in [-0.25, -0.2) is 0 Å². The summed E-state index contributed by atoms with van der Waals surface area (Å²) in [5, 5.41) is 12.6. The Balaban J connectivity index is 1.47. The number of hydrogen-bond donors (Lipinski definition) is 0. The van der Waals surface area contributed by atoms with Gasteiger partial charge in [-0.2, -0.15) is 10.2 Å². The fraction of sp³-hybridized carbons (Fsp3) is 0.333. The second-order valence-corrected chi connectivity index (χ2v) is 7.03. The molecule has 0 spiro atoms. The number of hydrogen-bond acceptors (Lipinski definition) is 6. The van der Waals surface area contributed by atoms with Gasteiger partial charge < -0.3 is 14.4 Å². The van der Waals surface area contributed by atoms with E-state index in [-0.39, 0.29) is 12.0 Å². The molecule has 1 saturated heterocycles. The summed E-state index contributed by atoms with van der Waals surface area (Å²) >= 11 is 0. The van der Waals surface area contributed by atoms with Gasteiger partial charge in [0.1, 0.15) is 17.5 Å². The van der Waals surface area contributed by atoms with E-state index in [0.717, 1.165) is 23.4 Å². The van der Waals surface area contributed by atoms with Crippen molar-refractivity contribution < 1.29 is 14.3 Å². The van der Waals surface area contributed by atoms with E-state index in [1.807, 2.05) is 37.3 Å². The largest absolute Gasteiger partial charge is 0.496 e. The van der Waals surface area contributed by atoms with Crippen molar-refractivity contribution in [3.8, 4) is 22.9 Å². The van der Waals surface area contributed by atoms with Crippen LogP contribution < -0.4 is 9.47 Å². The highest BCUT2D eigenvalue weighted by molar-refractivity contribution is 5.94. The minimum Gasteiger partial charge on any atom is -0.496 e. The van der Waals surface area contributed by atoms with Crippen LogP contribution in [0.2, 0.25) is 0 Å². The van der Waals surface area contributed by atoms with Crippen LogP contribution in [0.5, 0.6) is 11.6 Å². The Morgan fingerprint density at radius 2 is 2.00 bits per heavy atom. The van der Waals surface area contributed by atoms with Crippen molar-refractivity contribution in [2.75, 3.05) is 20.2 Å². The molecule has 1 aliphatic heterocycles. The molecule has 3 aromatic rings. The van der Waals surface area contributed by atoms with Crippen LogP contribution in [0, 0.1) is 6.92 Å². The zero-order chi connectivity index (χ0) is 20.4. The highest BCUT2D eigenvalue weighted by atomic mass is 16.5. The molecule has 29 heavy (non-hydrogen) atoms. The SMILES string of the molecule is COc1ccccc1-c1cc(C(=O)N2CCC(Oc3ccc(C)nn3)C2)n(C)n1. The van der Waals surface area contributed by atoms with Crippen molar-refractivity contribution in [1.29, 1.82) is 0 Å². The van der Waals surface area contributed by atoms with Crippen LogP contribution in [-0.4, -0.2) is 57.1 Å². The Morgan fingerprint density at radius 1 is 1.17 bits per heavy atom. The third-order valence-electron chi connectivity index (χ3n) is 4.97. The van der Waals surface area contributed by atoms with E-state index in [9.17, 15) is 4.79 Å². The fourth-order valence-corrected chi connectivity index (χ4v) is 3.45. The Bertz CT molecular complexity index is 1020. The van der Waals surface area contributed by atoms with Crippen molar-refractivity contribution in [2.45, 2.75) is 19.4 Å². The summed E-state index contributed by atoms with van der Waals surface area (Å²) < 4.78 is 12.9. The summed E-state index contributed by atoms with van der Waals surface area (Å²) in [5.74, 6) is 1.13. The second-order valence-electron chi connectivity index (χ2n) is 7.03. The third-order valence-corrected chi connectivity index (χ3v) is 4.97. The smallest absolute Gasteiger partial charge is 0.272 e. The van der Waals surface area contributed by atoms with Gasteiger partial charge in [0.15, 0.2) is 0 Å². The summed E-state index contributed by atoms with van der Waals surface area (Å²) in [6.45, 7) is 3.00. The Labute approximate surface area is 169 Å². The minimum absolute atomic E-state index is 0.0674. The van der Waals surface area contributed by atoms with E-state index in [1.54, 1.807) is 35.9 Å². The molecule has 1 aromatic carbocycles. The number of methoxy groups -OCH3 is 1. The van der Waals surface area contributed by atoms with Crippen LogP contribution in [0.3, 0.4) is 0 Å². The van der Waals surface area contributed by atoms with Crippen LogP contribution in [-0.2, 0) is 7.05 Å². The molecule has 3 heterocycles. The standard InChI is InChI=1S/C21H23N5O3/c1-14-8-9-20(23-22-14)29-15-10-11-26(13-15)21(27)18-12-17(24-25(18)2)16-6-4-5-7-19(16)28-3/h4-9,12,15H,10-11,13H2,1-3H3. The lowest BCUT2D eigenvalue weighted by atomic mass is 10.1. The predicted octanol–water partition coefficient (Wildman–Crippen LogP) is 2.49. The lowest BCUT2D eigenvalue weighted by Gasteiger charge is -2.16. The molecule has 8 heteroatoms. The fourth-order valence-electron chi connectivity index (χ4n) is 3.45. The Morgan fingerprint density at radius 3 is 2.76 bits per heavy atom. The van der Waals surface area contributed by atoms with Gasteiger partial charge in [0, 0.05) is 31.6 Å². The first-order valence-electron chi connectivity index (χ1n) is 9.49. The first-order chi connectivity index (χ1) is 14.0. The molecular weight excluding hydrogens is 370 g/mol. The molecule has 0 aliphatic carbocycles. The van der Waals surface area contributed by atoms with Crippen molar-refractivity contribution in [3.05, 3.63) is 53.9 Å². The molecule has 2 aromatic heterocycles. The summed E-state index contributed by atoms with van der Waals surface area (Å²) in [6, 6.07) is 13.1. The van der Waals surface area contributed by atoms with E-state index in [2.05, 4.69) is 15.3 Å². The summed E-state index contributed by atoms with van der Waals surface area (Å²) in [4.78, 5) is 14.8. The zero-order valence-electron chi connectivity index (χ0n) is 16.7. The quantitative estimate of drug-likeness (QED) is 0.662. The Kier molecular flexibility index (Phi) is 5.16. The van der Waals surface area contributed by atoms with E-state index >= 15 is 0 Å². The van der Waals surface area contributed by atoms with Gasteiger partial charge in [0.2, 0.25) is 5.88 Å². The highest BCUT2D eigenvalue weighted by Crippen LogP contribution is 2.29. The summed E-state index contributed by atoms with van der Waals surface area (Å²) in [7, 11) is 3.40. The van der Waals surface area contributed by atoms with Gasteiger partial charge in [-0.15, -0.1) is 5.10 Å². The highest BCUT2D eigenvalue weighted by Gasteiger charge is 2.30. The third kappa shape index (κ3) is 3.91. The molecule has 0 bridgehead atoms. The molecule has 8 nitrogen and oxygen atoms in total. The van der Waals surface area contributed by atoms with E-state index < -0.39 is 0 Å². The number of carbonyl (C=O) groups is 1. The number of likely N-dealkylation sites (tertiary alicyclic amines) is 1. The molecule has 4 rings (SSSR count). The van der Waals surface area contributed by atoms with Crippen molar-refractivity contribution in [2.24, 2.45) is 7.05 Å². The van der Waals surface area contributed by atoms with Crippen molar-refractivity contribution in [3.63, 3.8) is 0 Å². The minimum atomic E-state index is -0.0992. The van der Waals surface area contributed by atoms with E-state index in [4.69, 9.17) is 9.47 Å². The molecular formula is C21H23N5O3. The number of carbonyl (C=O) groups excluding carboxylic acids is 1. The number of aryl methyl sites for hydroxylation is 2. The number of ether oxygens (including phenoxy) is 2. The second kappa shape index (κ2) is 7.90. The van der Waals surface area contributed by atoms with Crippen LogP contribution in [0.15, 0.2) is 42.5 Å². The lowest BCUT2D eigenvalue weighted by molar-refractivity contribution is 0.0760. The lowest BCUT2D eigenvalue weighted by Crippen LogP contribution is -2.32. The Hall–Kier alpha value is -3.42. The topological polar surface area (TPSA) is 82.4 Å². The van der Waals surface area contributed by atoms with Crippen LogP contribution >= 0.6 is 0 Å². The molecule has 1 unspecified atom stereocenters. The molecule has 0 radical (unpaired) electrons.